The van der Waals surface area contributed by atoms with E-state index in [9.17, 15) is 4.79 Å². The van der Waals surface area contributed by atoms with Crippen LogP contribution in [0.15, 0.2) is 61.3 Å². The number of rotatable bonds is 5. The van der Waals surface area contributed by atoms with Crippen molar-refractivity contribution in [2.24, 2.45) is 5.92 Å². The minimum atomic E-state index is 0.0781. The molecule has 0 saturated carbocycles. The summed E-state index contributed by atoms with van der Waals surface area (Å²) in [6.07, 6.45) is 12.2. The second-order valence-electron chi connectivity index (χ2n) is 6.96. The molecule has 0 bridgehead atoms. The van der Waals surface area contributed by atoms with Crippen molar-refractivity contribution < 1.29 is 4.79 Å². The van der Waals surface area contributed by atoms with Gasteiger partial charge in [-0.3, -0.25) is 19.4 Å². The molecule has 4 heterocycles. The zero-order valence-electron chi connectivity index (χ0n) is 15.2. The summed E-state index contributed by atoms with van der Waals surface area (Å²) >= 11 is 0. The molecule has 3 aromatic rings. The van der Waals surface area contributed by atoms with Gasteiger partial charge in [0.2, 0.25) is 0 Å². The van der Waals surface area contributed by atoms with Crippen molar-refractivity contribution in [3.8, 4) is 11.3 Å². The SMILES string of the molecule is O=C(c1ccc(-c2ccncc2)nc1)N1CCC(CCn2cccn2)CC1. The highest BCUT2D eigenvalue weighted by Gasteiger charge is 2.23. The molecule has 0 N–H and O–H groups in total. The molecule has 0 spiro atoms. The quantitative estimate of drug-likeness (QED) is 0.700. The highest BCUT2D eigenvalue weighted by molar-refractivity contribution is 5.94. The normalized spacial score (nSPS) is 15.0. The van der Waals surface area contributed by atoms with Crippen LogP contribution in [0.1, 0.15) is 29.6 Å². The van der Waals surface area contributed by atoms with Gasteiger partial charge >= 0.3 is 0 Å². The number of aromatic nitrogens is 4. The number of aryl methyl sites for hydroxylation is 1. The summed E-state index contributed by atoms with van der Waals surface area (Å²) < 4.78 is 1.98. The molecule has 1 fully saturated rings. The Hall–Kier alpha value is -3.02. The Balaban J connectivity index is 1.31. The van der Waals surface area contributed by atoms with Crippen LogP contribution in [0.5, 0.6) is 0 Å². The monoisotopic (exact) mass is 361 g/mol. The zero-order valence-corrected chi connectivity index (χ0v) is 15.2. The van der Waals surface area contributed by atoms with Crippen LogP contribution >= 0.6 is 0 Å². The molecule has 27 heavy (non-hydrogen) atoms. The smallest absolute Gasteiger partial charge is 0.255 e. The third-order valence-corrected chi connectivity index (χ3v) is 5.21. The molecule has 0 aliphatic carbocycles. The topological polar surface area (TPSA) is 63.9 Å². The van der Waals surface area contributed by atoms with Crippen LogP contribution in [0.2, 0.25) is 0 Å². The Bertz CT molecular complexity index is 853. The van der Waals surface area contributed by atoms with Crippen molar-refractivity contribution >= 4 is 5.91 Å². The van der Waals surface area contributed by atoms with Crippen molar-refractivity contribution in [1.29, 1.82) is 0 Å². The van der Waals surface area contributed by atoms with E-state index < -0.39 is 0 Å². The fourth-order valence-electron chi connectivity index (χ4n) is 3.57. The molecule has 1 aliphatic heterocycles. The van der Waals surface area contributed by atoms with Crippen molar-refractivity contribution in [2.75, 3.05) is 13.1 Å². The standard InChI is InChI=1S/C21H23N5O/c27-21(19-2-3-20(23-16-19)18-4-10-22-11-5-18)25-13-6-17(7-14-25)8-15-26-12-1-9-24-26/h1-5,9-12,16-17H,6-8,13-15H2. The summed E-state index contributed by atoms with van der Waals surface area (Å²) in [5.74, 6) is 0.736. The maximum Gasteiger partial charge on any atom is 0.255 e. The fourth-order valence-corrected chi connectivity index (χ4v) is 3.57. The Labute approximate surface area is 158 Å². The lowest BCUT2D eigenvalue weighted by atomic mass is 9.93. The van der Waals surface area contributed by atoms with Crippen molar-refractivity contribution in [1.82, 2.24) is 24.6 Å². The molecule has 0 radical (unpaired) electrons. The summed E-state index contributed by atoms with van der Waals surface area (Å²) in [5.41, 5.74) is 2.51. The second-order valence-corrected chi connectivity index (χ2v) is 6.96. The summed E-state index contributed by atoms with van der Waals surface area (Å²) in [7, 11) is 0. The molecule has 3 aromatic heterocycles. The Morgan fingerprint density at radius 2 is 1.89 bits per heavy atom. The summed E-state index contributed by atoms with van der Waals surface area (Å²) in [4.78, 5) is 23.2. The van der Waals surface area contributed by atoms with Gasteiger partial charge in [-0.15, -0.1) is 0 Å². The Kier molecular flexibility index (Phi) is 5.23. The first-order valence-corrected chi connectivity index (χ1v) is 9.43. The van der Waals surface area contributed by atoms with Gasteiger partial charge in [-0.1, -0.05) is 0 Å². The minimum Gasteiger partial charge on any atom is -0.339 e. The minimum absolute atomic E-state index is 0.0781. The largest absolute Gasteiger partial charge is 0.339 e. The lowest BCUT2D eigenvalue weighted by molar-refractivity contribution is 0.0684. The number of hydrogen-bond donors (Lipinski definition) is 0. The summed E-state index contributed by atoms with van der Waals surface area (Å²) in [6.45, 7) is 2.58. The molecule has 6 heteroatoms. The first kappa shape index (κ1) is 17.4. The average Bonchev–Trinajstić information content (AvgIpc) is 3.27. The number of carbonyl (C=O) groups excluding carboxylic acids is 1. The van der Waals surface area contributed by atoms with Gasteiger partial charge in [0, 0.05) is 56.2 Å². The molecule has 0 aromatic carbocycles. The predicted molar refractivity (Wildman–Crippen MR) is 103 cm³/mol. The Morgan fingerprint density at radius 3 is 2.56 bits per heavy atom. The van der Waals surface area contributed by atoms with E-state index in [4.69, 9.17) is 0 Å². The number of amides is 1. The first-order valence-electron chi connectivity index (χ1n) is 9.43. The average molecular weight is 361 g/mol. The molecule has 1 saturated heterocycles. The van der Waals surface area contributed by atoms with E-state index in [1.54, 1.807) is 18.6 Å². The van der Waals surface area contributed by atoms with E-state index in [1.165, 1.54) is 0 Å². The van der Waals surface area contributed by atoms with E-state index in [2.05, 4.69) is 15.1 Å². The van der Waals surface area contributed by atoms with E-state index in [1.807, 2.05) is 52.3 Å². The van der Waals surface area contributed by atoms with Crippen molar-refractivity contribution in [3.05, 3.63) is 66.9 Å². The van der Waals surface area contributed by atoms with E-state index >= 15 is 0 Å². The maximum absolute atomic E-state index is 12.8. The molecular weight excluding hydrogens is 338 g/mol. The third kappa shape index (κ3) is 4.22. The maximum atomic E-state index is 12.8. The van der Waals surface area contributed by atoms with Gasteiger partial charge in [-0.05, 0) is 55.5 Å². The van der Waals surface area contributed by atoms with Crippen LogP contribution in [0, 0.1) is 5.92 Å². The van der Waals surface area contributed by atoms with Crippen LogP contribution < -0.4 is 0 Å². The molecule has 1 aliphatic rings. The molecule has 138 valence electrons. The second kappa shape index (κ2) is 8.12. The molecular formula is C21H23N5O. The number of piperidine rings is 1. The molecule has 0 atom stereocenters. The van der Waals surface area contributed by atoms with Gasteiger partial charge in [-0.25, -0.2) is 0 Å². The fraction of sp³-hybridized carbons (Fsp3) is 0.333. The van der Waals surface area contributed by atoms with Gasteiger partial charge < -0.3 is 4.90 Å². The number of hydrogen-bond acceptors (Lipinski definition) is 4. The lowest BCUT2D eigenvalue weighted by Gasteiger charge is -2.32. The molecule has 6 nitrogen and oxygen atoms in total. The molecule has 4 rings (SSSR count). The van der Waals surface area contributed by atoms with Crippen LogP contribution in [-0.4, -0.2) is 43.6 Å². The van der Waals surface area contributed by atoms with E-state index in [0.29, 0.717) is 11.5 Å². The van der Waals surface area contributed by atoms with Gasteiger partial charge in [0.25, 0.3) is 5.91 Å². The first-order chi connectivity index (χ1) is 13.3. The van der Waals surface area contributed by atoms with Crippen LogP contribution in [0.25, 0.3) is 11.3 Å². The van der Waals surface area contributed by atoms with Gasteiger partial charge in [0.15, 0.2) is 0 Å². The van der Waals surface area contributed by atoms with Gasteiger partial charge in [-0.2, -0.15) is 5.10 Å². The number of carbonyl (C=O) groups is 1. The van der Waals surface area contributed by atoms with Crippen molar-refractivity contribution in [3.63, 3.8) is 0 Å². The highest BCUT2D eigenvalue weighted by atomic mass is 16.2. The summed E-state index contributed by atoms with van der Waals surface area (Å²) in [5, 5.41) is 4.25. The molecule has 0 unspecified atom stereocenters. The van der Waals surface area contributed by atoms with Crippen molar-refractivity contribution in [2.45, 2.75) is 25.8 Å². The number of nitrogens with zero attached hydrogens (tertiary/aromatic N) is 5. The predicted octanol–water partition coefficient (Wildman–Crippen LogP) is 3.28. The van der Waals surface area contributed by atoms with Gasteiger partial charge in [0.05, 0.1) is 11.3 Å². The van der Waals surface area contributed by atoms with E-state index in [0.717, 1.165) is 50.2 Å². The number of likely N-dealkylation sites (tertiary alicyclic amines) is 1. The Morgan fingerprint density at radius 1 is 1.07 bits per heavy atom. The van der Waals surface area contributed by atoms with Crippen LogP contribution in [0.4, 0.5) is 0 Å². The van der Waals surface area contributed by atoms with Crippen LogP contribution in [0.3, 0.4) is 0 Å². The summed E-state index contributed by atoms with van der Waals surface area (Å²) in [6, 6.07) is 9.55. The van der Waals surface area contributed by atoms with E-state index in [-0.39, 0.29) is 5.91 Å². The van der Waals surface area contributed by atoms with Crippen LogP contribution in [-0.2, 0) is 6.54 Å². The van der Waals surface area contributed by atoms with Gasteiger partial charge in [0.1, 0.15) is 0 Å². The third-order valence-electron chi connectivity index (χ3n) is 5.21. The molecule has 1 amide bonds. The highest BCUT2D eigenvalue weighted by Crippen LogP contribution is 2.23. The number of pyridine rings is 2. The zero-order chi connectivity index (χ0) is 18.5. The lowest BCUT2D eigenvalue weighted by Crippen LogP contribution is -2.38.